The molecule has 106 valence electrons. The number of carboxylic acid groups (broad SMARTS) is 1. The molecule has 0 atom stereocenters. The molecule has 21 heavy (non-hydrogen) atoms. The van der Waals surface area contributed by atoms with Gasteiger partial charge in [-0.25, -0.2) is 9.48 Å². The Bertz CT molecular complexity index is 779. The molecule has 0 saturated carbocycles. The molecule has 3 rings (SSSR count). The predicted molar refractivity (Wildman–Crippen MR) is 68.1 cm³/mol. The van der Waals surface area contributed by atoms with E-state index in [0.717, 1.165) is 0 Å². The zero-order chi connectivity index (χ0) is 14.8. The highest BCUT2D eigenvalue weighted by atomic mass is 16.4. The van der Waals surface area contributed by atoms with Gasteiger partial charge in [0.05, 0.1) is 7.05 Å². The van der Waals surface area contributed by atoms with E-state index in [-0.39, 0.29) is 12.2 Å². The number of pyridine rings is 1. The van der Waals surface area contributed by atoms with Crippen LogP contribution in [0.1, 0.15) is 16.3 Å². The second kappa shape index (κ2) is 5.07. The Morgan fingerprint density at radius 3 is 2.62 bits per heavy atom. The highest BCUT2D eigenvalue weighted by molar-refractivity contribution is 5.92. The van der Waals surface area contributed by atoms with Crippen LogP contribution in [0.25, 0.3) is 11.3 Å². The number of nitrogens with zero attached hydrogens (tertiary/aromatic N) is 8. The van der Waals surface area contributed by atoms with Gasteiger partial charge < -0.3 is 5.11 Å². The van der Waals surface area contributed by atoms with Crippen molar-refractivity contribution in [1.82, 2.24) is 40.2 Å². The molecule has 0 bridgehead atoms. The van der Waals surface area contributed by atoms with Gasteiger partial charge in [0.2, 0.25) is 0 Å². The monoisotopic (exact) mass is 286 g/mol. The minimum absolute atomic E-state index is 0.134. The molecule has 0 radical (unpaired) electrons. The lowest BCUT2D eigenvalue weighted by Crippen LogP contribution is -2.07. The minimum Gasteiger partial charge on any atom is -0.476 e. The molecule has 10 nitrogen and oxygen atoms in total. The van der Waals surface area contributed by atoms with E-state index in [0.29, 0.717) is 17.1 Å². The van der Waals surface area contributed by atoms with Gasteiger partial charge in [0.1, 0.15) is 12.2 Å². The fourth-order valence-electron chi connectivity index (χ4n) is 1.88. The van der Waals surface area contributed by atoms with Gasteiger partial charge in [-0.1, -0.05) is 5.21 Å². The average molecular weight is 286 g/mol. The van der Waals surface area contributed by atoms with Crippen molar-refractivity contribution >= 4 is 5.97 Å². The number of hydrogen-bond acceptors (Lipinski definition) is 7. The van der Waals surface area contributed by atoms with Gasteiger partial charge >= 0.3 is 5.97 Å². The Balaban J connectivity index is 2.07. The molecule has 3 heterocycles. The molecular formula is C11H10N8O2. The van der Waals surface area contributed by atoms with E-state index in [9.17, 15) is 9.90 Å². The van der Waals surface area contributed by atoms with Crippen LogP contribution in [0.5, 0.6) is 0 Å². The molecule has 0 unspecified atom stereocenters. The van der Waals surface area contributed by atoms with Crippen molar-refractivity contribution in [1.29, 1.82) is 0 Å². The van der Waals surface area contributed by atoms with Gasteiger partial charge in [-0.3, -0.25) is 4.98 Å². The highest BCUT2D eigenvalue weighted by Crippen LogP contribution is 2.21. The molecule has 0 spiro atoms. The zero-order valence-corrected chi connectivity index (χ0v) is 10.9. The first-order valence-corrected chi connectivity index (χ1v) is 5.95. The van der Waals surface area contributed by atoms with Crippen LogP contribution in [0.4, 0.5) is 0 Å². The molecule has 0 aliphatic heterocycles. The Kier molecular flexibility index (Phi) is 3.10. The van der Waals surface area contributed by atoms with E-state index in [4.69, 9.17) is 0 Å². The van der Waals surface area contributed by atoms with Gasteiger partial charge in [0.15, 0.2) is 11.5 Å². The number of rotatable bonds is 4. The van der Waals surface area contributed by atoms with Crippen molar-refractivity contribution in [2.24, 2.45) is 7.05 Å². The normalized spacial score (nSPS) is 10.7. The van der Waals surface area contributed by atoms with Crippen LogP contribution in [0.15, 0.2) is 24.5 Å². The van der Waals surface area contributed by atoms with E-state index in [2.05, 4.69) is 30.7 Å². The number of carboxylic acids is 1. The van der Waals surface area contributed by atoms with Crippen LogP contribution < -0.4 is 0 Å². The van der Waals surface area contributed by atoms with E-state index < -0.39 is 5.97 Å². The van der Waals surface area contributed by atoms with Crippen molar-refractivity contribution in [3.05, 3.63) is 36.0 Å². The number of tetrazole rings is 1. The molecular weight excluding hydrogens is 276 g/mol. The van der Waals surface area contributed by atoms with Crippen LogP contribution in [0, 0.1) is 0 Å². The first-order valence-electron chi connectivity index (χ1n) is 5.95. The molecule has 0 fully saturated rings. The van der Waals surface area contributed by atoms with Gasteiger partial charge in [0, 0.05) is 18.0 Å². The van der Waals surface area contributed by atoms with Crippen molar-refractivity contribution < 1.29 is 9.90 Å². The maximum atomic E-state index is 11.3. The summed E-state index contributed by atoms with van der Waals surface area (Å²) in [5, 5.41) is 28.4. The fraction of sp³-hybridized carbons (Fsp3) is 0.182. The Hall–Kier alpha value is -3.17. The van der Waals surface area contributed by atoms with Crippen molar-refractivity contribution in [3.8, 4) is 11.3 Å². The van der Waals surface area contributed by atoms with Crippen LogP contribution in [-0.4, -0.2) is 51.3 Å². The summed E-state index contributed by atoms with van der Waals surface area (Å²) in [6, 6.07) is 3.37. The first-order chi connectivity index (χ1) is 10.1. The summed E-state index contributed by atoms with van der Waals surface area (Å²) in [5.41, 5.74) is 0.888. The smallest absolute Gasteiger partial charge is 0.358 e. The highest BCUT2D eigenvalue weighted by Gasteiger charge is 2.21. The number of aryl methyl sites for hydroxylation is 1. The van der Waals surface area contributed by atoms with E-state index >= 15 is 0 Å². The topological polar surface area (TPSA) is 125 Å². The van der Waals surface area contributed by atoms with Crippen molar-refractivity contribution in [2.45, 2.75) is 6.54 Å². The molecule has 3 aromatic rings. The second-order valence-electron chi connectivity index (χ2n) is 4.18. The number of carbonyl (C=O) groups is 1. The average Bonchev–Trinajstić information content (AvgIpc) is 3.07. The molecule has 0 amide bonds. The maximum absolute atomic E-state index is 11.3. The molecule has 0 aromatic carbocycles. The lowest BCUT2D eigenvalue weighted by Gasteiger charge is -2.04. The Morgan fingerprint density at radius 1 is 1.24 bits per heavy atom. The second-order valence-corrected chi connectivity index (χ2v) is 4.18. The van der Waals surface area contributed by atoms with Crippen molar-refractivity contribution in [2.75, 3.05) is 0 Å². The van der Waals surface area contributed by atoms with E-state index in [1.54, 1.807) is 31.6 Å². The largest absolute Gasteiger partial charge is 0.476 e. The molecule has 10 heteroatoms. The van der Waals surface area contributed by atoms with Gasteiger partial charge in [-0.2, -0.15) is 4.80 Å². The Labute approximate surface area is 118 Å². The van der Waals surface area contributed by atoms with Crippen LogP contribution in [0.2, 0.25) is 0 Å². The summed E-state index contributed by atoms with van der Waals surface area (Å²) in [7, 11) is 1.64. The molecule has 0 aliphatic carbocycles. The summed E-state index contributed by atoms with van der Waals surface area (Å²) in [5.74, 6) is -0.741. The molecule has 1 N–H and O–H groups in total. The quantitative estimate of drug-likeness (QED) is 0.687. The first kappa shape index (κ1) is 12.8. The lowest BCUT2D eigenvalue weighted by atomic mass is 10.1. The van der Waals surface area contributed by atoms with Gasteiger partial charge in [0.25, 0.3) is 0 Å². The SMILES string of the molecule is Cn1nnc(Cn2nnc(C(=O)O)c2-c2ccncc2)n1. The fourth-order valence-corrected chi connectivity index (χ4v) is 1.88. The number of aromatic nitrogens is 8. The number of aromatic carboxylic acids is 1. The maximum Gasteiger partial charge on any atom is 0.358 e. The third-order valence-corrected chi connectivity index (χ3v) is 2.73. The van der Waals surface area contributed by atoms with Crippen LogP contribution in [-0.2, 0) is 13.6 Å². The van der Waals surface area contributed by atoms with Crippen molar-refractivity contribution in [3.63, 3.8) is 0 Å². The van der Waals surface area contributed by atoms with Crippen LogP contribution >= 0.6 is 0 Å². The third-order valence-electron chi connectivity index (χ3n) is 2.73. The molecule has 0 aliphatic rings. The summed E-state index contributed by atoms with van der Waals surface area (Å²) >= 11 is 0. The summed E-state index contributed by atoms with van der Waals surface area (Å²) < 4.78 is 1.43. The molecule has 3 aromatic heterocycles. The van der Waals surface area contributed by atoms with E-state index in [1.165, 1.54) is 9.48 Å². The van der Waals surface area contributed by atoms with Crippen LogP contribution in [0.3, 0.4) is 0 Å². The van der Waals surface area contributed by atoms with Gasteiger partial charge in [-0.15, -0.1) is 15.3 Å². The third kappa shape index (κ3) is 2.45. The van der Waals surface area contributed by atoms with Gasteiger partial charge in [-0.05, 0) is 17.3 Å². The summed E-state index contributed by atoms with van der Waals surface area (Å²) in [6.07, 6.45) is 3.14. The Morgan fingerprint density at radius 2 is 2.00 bits per heavy atom. The molecule has 0 saturated heterocycles. The summed E-state index contributed by atoms with van der Waals surface area (Å²) in [4.78, 5) is 16.5. The van der Waals surface area contributed by atoms with E-state index in [1.807, 2.05) is 0 Å². The number of hydrogen-bond donors (Lipinski definition) is 1. The summed E-state index contributed by atoms with van der Waals surface area (Å²) in [6.45, 7) is 0.172. The predicted octanol–water partition coefficient (Wildman–Crippen LogP) is -0.390. The zero-order valence-electron chi connectivity index (χ0n) is 10.9. The standard InChI is InChI=1S/C11H10N8O2/c1-18-15-8(13-16-18)6-19-10(7-2-4-12-5-3-7)9(11(20)21)14-17-19/h2-5H,6H2,1H3,(H,20,21). The minimum atomic E-state index is -1.15. The lowest BCUT2D eigenvalue weighted by molar-refractivity contribution is 0.0691.